The summed E-state index contributed by atoms with van der Waals surface area (Å²) in [6.45, 7) is 0. The van der Waals surface area contributed by atoms with Crippen LogP contribution in [0.25, 0.3) is 100 Å². The molecule has 0 spiro atoms. The van der Waals surface area contributed by atoms with E-state index in [4.69, 9.17) is 19.4 Å². The van der Waals surface area contributed by atoms with Gasteiger partial charge >= 0.3 is 0 Å². The lowest BCUT2D eigenvalue weighted by molar-refractivity contribution is 0.669. The molecule has 10 aromatic rings. The average molecular weight is 678 g/mol. The van der Waals surface area contributed by atoms with Crippen molar-refractivity contribution in [1.82, 2.24) is 15.0 Å². The van der Waals surface area contributed by atoms with E-state index in [-0.39, 0.29) is 0 Å². The largest absolute Gasteiger partial charge is 0.456 e. The van der Waals surface area contributed by atoms with Gasteiger partial charge in [-0.2, -0.15) is 0 Å². The van der Waals surface area contributed by atoms with Crippen LogP contribution < -0.4 is 0 Å². The van der Waals surface area contributed by atoms with Crippen LogP contribution in [0.2, 0.25) is 0 Å². The summed E-state index contributed by atoms with van der Waals surface area (Å²) in [4.78, 5) is 15.0. The first-order chi connectivity index (χ1) is 26.3. The number of nitrogens with zero attached hydrogens (tertiary/aromatic N) is 3. The van der Waals surface area contributed by atoms with Crippen molar-refractivity contribution >= 4 is 32.7 Å². The van der Waals surface area contributed by atoms with E-state index in [0.717, 1.165) is 55.3 Å². The van der Waals surface area contributed by atoms with Gasteiger partial charge in [-0.15, -0.1) is 0 Å². The quantitative estimate of drug-likeness (QED) is 0.176. The highest BCUT2D eigenvalue weighted by molar-refractivity contribution is 6.14. The first kappa shape index (κ1) is 30.6. The maximum absolute atomic E-state index is 6.57. The predicted octanol–water partition coefficient (Wildman–Crippen LogP) is 12.9. The second-order valence-corrected chi connectivity index (χ2v) is 13.2. The van der Waals surface area contributed by atoms with Gasteiger partial charge in [0, 0.05) is 27.5 Å². The van der Waals surface area contributed by atoms with E-state index in [1.165, 1.54) is 27.5 Å². The predicted molar refractivity (Wildman–Crippen MR) is 217 cm³/mol. The van der Waals surface area contributed by atoms with Gasteiger partial charge in [-0.3, -0.25) is 0 Å². The molecular formula is C49H31N3O. The maximum atomic E-state index is 6.57. The third-order valence-corrected chi connectivity index (χ3v) is 9.97. The molecule has 0 aliphatic rings. The normalized spacial score (nSPS) is 11.4. The van der Waals surface area contributed by atoms with Crippen LogP contribution in [0.4, 0.5) is 0 Å². The summed E-state index contributed by atoms with van der Waals surface area (Å²) < 4.78 is 6.57. The zero-order valence-electron chi connectivity index (χ0n) is 28.6. The van der Waals surface area contributed by atoms with Crippen molar-refractivity contribution in [2.75, 3.05) is 0 Å². The number of furan rings is 1. The molecule has 2 aromatic heterocycles. The van der Waals surface area contributed by atoms with Gasteiger partial charge in [-0.25, -0.2) is 15.0 Å². The molecule has 248 valence electrons. The number of rotatable bonds is 6. The van der Waals surface area contributed by atoms with Gasteiger partial charge < -0.3 is 4.42 Å². The van der Waals surface area contributed by atoms with E-state index < -0.39 is 0 Å². The van der Waals surface area contributed by atoms with Crippen LogP contribution in [0.15, 0.2) is 192 Å². The van der Waals surface area contributed by atoms with E-state index in [0.29, 0.717) is 17.5 Å². The lowest BCUT2D eigenvalue weighted by atomic mass is 9.92. The molecular weight excluding hydrogens is 647 g/mol. The Morgan fingerprint density at radius 2 is 0.811 bits per heavy atom. The molecule has 0 aliphatic heterocycles. The van der Waals surface area contributed by atoms with Gasteiger partial charge in [0.15, 0.2) is 17.5 Å². The highest BCUT2D eigenvalue weighted by Gasteiger charge is 2.18. The second kappa shape index (κ2) is 12.9. The summed E-state index contributed by atoms with van der Waals surface area (Å²) in [5, 5.41) is 4.58. The fraction of sp³-hybridized carbons (Fsp3) is 0. The molecule has 0 aliphatic carbocycles. The minimum atomic E-state index is 0.587. The lowest BCUT2D eigenvalue weighted by Crippen LogP contribution is -2.00. The standard InChI is InChI=1S/C49H31N3O/c1-3-13-32(14-4-1)40-20-9-10-21-41(40)42-23-12-24-44-46(42)43-30-29-37(31-45(43)53-44)49-51-47(35-16-5-2-6-17-35)50-48(52-49)36-27-25-34(26-28-36)39-22-11-18-33-15-7-8-19-38(33)39/h1-31H. The molecule has 53 heavy (non-hydrogen) atoms. The van der Waals surface area contributed by atoms with E-state index in [2.05, 4.69) is 152 Å². The van der Waals surface area contributed by atoms with Gasteiger partial charge in [-0.05, 0) is 62.4 Å². The molecule has 0 unspecified atom stereocenters. The SMILES string of the molecule is c1ccc(-c2nc(-c3ccc(-c4cccc5ccccc45)cc3)nc(-c3ccc4c(c3)oc3cccc(-c5ccccc5-c5ccccc5)c34)n2)cc1. The summed E-state index contributed by atoms with van der Waals surface area (Å²) in [5.74, 6) is 1.82. The summed E-state index contributed by atoms with van der Waals surface area (Å²) in [5.41, 5.74) is 11.3. The van der Waals surface area contributed by atoms with Crippen molar-refractivity contribution in [3.63, 3.8) is 0 Å². The van der Waals surface area contributed by atoms with Gasteiger partial charge in [0.25, 0.3) is 0 Å². The molecule has 0 saturated carbocycles. The van der Waals surface area contributed by atoms with Crippen molar-refractivity contribution in [2.45, 2.75) is 0 Å². The molecule has 0 N–H and O–H groups in total. The van der Waals surface area contributed by atoms with E-state index in [1.54, 1.807) is 0 Å². The first-order valence-electron chi connectivity index (χ1n) is 17.8. The van der Waals surface area contributed by atoms with Gasteiger partial charge in [0.1, 0.15) is 11.2 Å². The third kappa shape index (κ3) is 5.54. The Labute approximate surface area is 306 Å². The van der Waals surface area contributed by atoms with Crippen LogP contribution in [0.3, 0.4) is 0 Å². The number of fused-ring (bicyclic) bond motifs is 4. The second-order valence-electron chi connectivity index (χ2n) is 13.2. The Bertz CT molecular complexity index is 2930. The van der Waals surface area contributed by atoms with Crippen molar-refractivity contribution in [3.8, 4) is 67.5 Å². The molecule has 0 bridgehead atoms. The Kier molecular flexibility index (Phi) is 7.43. The van der Waals surface area contributed by atoms with Gasteiger partial charge in [0.2, 0.25) is 0 Å². The van der Waals surface area contributed by atoms with Gasteiger partial charge in [0.05, 0.1) is 0 Å². The third-order valence-electron chi connectivity index (χ3n) is 9.97. The molecule has 10 rings (SSSR count). The van der Waals surface area contributed by atoms with Crippen molar-refractivity contribution in [2.24, 2.45) is 0 Å². The van der Waals surface area contributed by atoms with Crippen molar-refractivity contribution < 1.29 is 4.42 Å². The summed E-state index contributed by atoms with van der Waals surface area (Å²) in [6, 6.07) is 65.2. The van der Waals surface area contributed by atoms with E-state index in [9.17, 15) is 0 Å². The Hall–Kier alpha value is -7.17. The fourth-order valence-corrected chi connectivity index (χ4v) is 7.40. The van der Waals surface area contributed by atoms with Gasteiger partial charge in [-0.1, -0.05) is 170 Å². The molecule has 0 atom stereocenters. The minimum Gasteiger partial charge on any atom is -0.456 e. The Balaban J connectivity index is 1.08. The van der Waals surface area contributed by atoms with Crippen molar-refractivity contribution in [3.05, 3.63) is 188 Å². The number of aromatic nitrogens is 3. The lowest BCUT2D eigenvalue weighted by Gasteiger charge is -2.11. The average Bonchev–Trinajstić information content (AvgIpc) is 3.62. The van der Waals surface area contributed by atoms with Crippen LogP contribution in [-0.2, 0) is 0 Å². The van der Waals surface area contributed by atoms with Crippen LogP contribution in [0.5, 0.6) is 0 Å². The highest BCUT2D eigenvalue weighted by Crippen LogP contribution is 2.41. The Morgan fingerprint density at radius 1 is 0.302 bits per heavy atom. The van der Waals surface area contributed by atoms with Crippen LogP contribution in [-0.4, -0.2) is 15.0 Å². The van der Waals surface area contributed by atoms with E-state index in [1.807, 2.05) is 36.4 Å². The number of hydrogen-bond acceptors (Lipinski definition) is 4. The molecule has 0 amide bonds. The van der Waals surface area contributed by atoms with Crippen LogP contribution in [0, 0.1) is 0 Å². The topological polar surface area (TPSA) is 51.8 Å². The number of hydrogen-bond donors (Lipinski definition) is 0. The van der Waals surface area contributed by atoms with Crippen LogP contribution in [0.1, 0.15) is 0 Å². The summed E-state index contributed by atoms with van der Waals surface area (Å²) >= 11 is 0. The number of benzene rings is 8. The fourth-order valence-electron chi connectivity index (χ4n) is 7.40. The highest BCUT2D eigenvalue weighted by atomic mass is 16.3. The molecule has 8 aromatic carbocycles. The van der Waals surface area contributed by atoms with Crippen molar-refractivity contribution in [1.29, 1.82) is 0 Å². The Morgan fingerprint density at radius 3 is 1.58 bits per heavy atom. The first-order valence-corrected chi connectivity index (χ1v) is 17.8. The van der Waals surface area contributed by atoms with Crippen LogP contribution >= 0.6 is 0 Å². The summed E-state index contributed by atoms with van der Waals surface area (Å²) in [6.07, 6.45) is 0. The molecule has 0 fully saturated rings. The summed E-state index contributed by atoms with van der Waals surface area (Å²) in [7, 11) is 0. The van der Waals surface area contributed by atoms with E-state index >= 15 is 0 Å². The zero-order valence-corrected chi connectivity index (χ0v) is 28.6. The monoisotopic (exact) mass is 677 g/mol. The minimum absolute atomic E-state index is 0.587. The maximum Gasteiger partial charge on any atom is 0.164 e. The molecule has 2 heterocycles. The molecule has 4 heteroatoms. The molecule has 4 nitrogen and oxygen atoms in total. The molecule has 0 saturated heterocycles. The smallest absolute Gasteiger partial charge is 0.164 e. The molecule has 0 radical (unpaired) electrons. The zero-order chi connectivity index (χ0) is 35.1.